The summed E-state index contributed by atoms with van der Waals surface area (Å²) in [7, 11) is 1.11. The molecule has 1 aromatic carbocycles. The lowest BCUT2D eigenvalue weighted by Gasteiger charge is -2.14. The van der Waals surface area contributed by atoms with Crippen LogP contribution in [0.2, 0.25) is 0 Å². The number of rotatable bonds is 3. The summed E-state index contributed by atoms with van der Waals surface area (Å²) in [6.07, 6.45) is -0.367. The predicted octanol–water partition coefficient (Wildman–Crippen LogP) is 3.23. The first-order valence-electron chi connectivity index (χ1n) is 6.08. The van der Waals surface area contributed by atoms with Gasteiger partial charge >= 0.3 is 5.97 Å². The number of nitrogens with zero attached hydrogens (tertiary/aromatic N) is 1. The number of ether oxygens (including phenoxy) is 2. The summed E-state index contributed by atoms with van der Waals surface area (Å²) in [6, 6.07) is 1.54. The molecule has 1 heterocycles. The zero-order valence-electron chi connectivity index (χ0n) is 11.5. The Kier molecular flexibility index (Phi) is 4.02. The molecule has 0 amide bonds. The second-order valence-corrected chi connectivity index (χ2v) is 4.54. The molecule has 0 aliphatic rings. The first-order chi connectivity index (χ1) is 9.85. The summed E-state index contributed by atoms with van der Waals surface area (Å²) in [4.78, 5) is 15.2. The van der Waals surface area contributed by atoms with E-state index in [2.05, 4.69) is 9.72 Å². The third kappa shape index (κ3) is 2.76. The second-order valence-electron chi connectivity index (χ2n) is 4.54. The van der Waals surface area contributed by atoms with Crippen molar-refractivity contribution in [2.75, 3.05) is 7.11 Å². The number of carbonyl (C=O) groups excluding carboxylic acids is 1. The quantitative estimate of drug-likeness (QED) is 0.645. The number of methoxy groups -OCH3 is 1. The summed E-state index contributed by atoms with van der Waals surface area (Å²) >= 11 is 0. The molecule has 0 saturated heterocycles. The molecule has 0 spiro atoms. The number of aromatic nitrogens is 1. The number of esters is 1. The fourth-order valence-corrected chi connectivity index (χ4v) is 1.83. The highest BCUT2D eigenvalue weighted by atomic mass is 19.2. The van der Waals surface area contributed by atoms with Crippen LogP contribution >= 0.6 is 0 Å². The second kappa shape index (κ2) is 5.59. The number of halogens is 3. The Morgan fingerprint density at radius 2 is 1.86 bits per heavy atom. The van der Waals surface area contributed by atoms with Crippen molar-refractivity contribution in [1.29, 1.82) is 0 Å². The van der Waals surface area contributed by atoms with Gasteiger partial charge in [0.2, 0.25) is 0 Å². The van der Waals surface area contributed by atoms with Crippen LogP contribution in [0.5, 0.6) is 5.75 Å². The molecule has 0 radical (unpaired) electrons. The molecule has 112 valence electrons. The Bertz CT molecular complexity index is 716. The minimum absolute atomic E-state index is 0.105. The number of pyridine rings is 1. The number of hydrogen-bond donors (Lipinski definition) is 0. The fourth-order valence-electron chi connectivity index (χ4n) is 1.83. The molecular formula is C14H12F3NO3. The van der Waals surface area contributed by atoms with Gasteiger partial charge in [0.1, 0.15) is 17.1 Å². The normalized spacial score (nSPS) is 11.0. The third-order valence-corrected chi connectivity index (χ3v) is 2.65. The van der Waals surface area contributed by atoms with Crippen LogP contribution in [0, 0.1) is 17.5 Å². The van der Waals surface area contributed by atoms with Gasteiger partial charge < -0.3 is 9.47 Å². The lowest BCUT2D eigenvalue weighted by Crippen LogP contribution is -2.11. The van der Waals surface area contributed by atoms with Gasteiger partial charge in [0.15, 0.2) is 17.3 Å². The first kappa shape index (κ1) is 15.1. The highest BCUT2D eigenvalue weighted by Crippen LogP contribution is 2.32. The van der Waals surface area contributed by atoms with Gasteiger partial charge in [-0.1, -0.05) is 0 Å². The van der Waals surface area contributed by atoms with E-state index in [0.29, 0.717) is 6.07 Å². The van der Waals surface area contributed by atoms with Crippen LogP contribution in [0.4, 0.5) is 13.2 Å². The maximum Gasteiger partial charge on any atom is 0.356 e. The number of hydrogen-bond acceptors (Lipinski definition) is 4. The summed E-state index contributed by atoms with van der Waals surface area (Å²) in [6.45, 7) is 3.34. The Labute approximate surface area is 118 Å². The molecular weight excluding hydrogens is 287 g/mol. The van der Waals surface area contributed by atoms with Crippen LogP contribution in [-0.4, -0.2) is 24.2 Å². The maximum absolute atomic E-state index is 13.9. The van der Waals surface area contributed by atoms with Crippen molar-refractivity contribution in [1.82, 2.24) is 4.98 Å². The lowest BCUT2D eigenvalue weighted by atomic mass is 10.1. The zero-order valence-corrected chi connectivity index (χ0v) is 11.5. The average molecular weight is 299 g/mol. The monoisotopic (exact) mass is 299 g/mol. The minimum atomic E-state index is -1.40. The van der Waals surface area contributed by atoms with Crippen LogP contribution in [0.15, 0.2) is 12.1 Å². The molecule has 0 bridgehead atoms. The van der Waals surface area contributed by atoms with Crippen molar-refractivity contribution < 1.29 is 27.4 Å². The average Bonchev–Trinajstić information content (AvgIpc) is 2.42. The molecule has 2 aromatic rings. The molecule has 2 rings (SSSR count). The summed E-state index contributed by atoms with van der Waals surface area (Å²) in [5.74, 6) is -4.75. The number of fused-ring (bicyclic) bond motifs is 1. The van der Waals surface area contributed by atoms with E-state index in [9.17, 15) is 18.0 Å². The minimum Gasteiger partial charge on any atom is -0.490 e. The van der Waals surface area contributed by atoms with Crippen molar-refractivity contribution in [2.24, 2.45) is 0 Å². The fraction of sp³-hybridized carbons (Fsp3) is 0.286. The largest absolute Gasteiger partial charge is 0.490 e. The molecule has 0 N–H and O–H groups in total. The van der Waals surface area contributed by atoms with Gasteiger partial charge in [-0.15, -0.1) is 0 Å². The van der Waals surface area contributed by atoms with Crippen molar-refractivity contribution in [3.05, 3.63) is 35.3 Å². The molecule has 0 aliphatic heterocycles. The standard InChI is InChI=1S/C14H12F3NO3/c1-6(2)21-10-5-9(14(19)20-3)18-13-11(10)7(15)4-8(16)12(13)17/h4-6H,1-3H3. The van der Waals surface area contributed by atoms with Crippen LogP contribution in [0.1, 0.15) is 24.3 Å². The predicted molar refractivity (Wildman–Crippen MR) is 68.7 cm³/mol. The van der Waals surface area contributed by atoms with Crippen molar-refractivity contribution in [3.8, 4) is 5.75 Å². The molecule has 7 heteroatoms. The topological polar surface area (TPSA) is 48.4 Å². The molecule has 1 aromatic heterocycles. The molecule has 21 heavy (non-hydrogen) atoms. The summed E-state index contributed by atoms with van der Waals surface area (Å²) in [5.41, 5.74) is -0.921. The van der Waals surface area contributed by atoms with Gasteiger partial charge in [-0.3, -0.25) is 0 Å². The Hall–Kier alpha value is -2.31. The van der Waals surface area contributed by atoms with E-state index in [1.54, 1.807) is 13.8 Å². The van der Waals surface area contributed by atoms with Crippen LogP contribution in [-0.2, 0) is 4.74 Å². The lowest BCUT2D eigenvalue weighted by molar-refractivity contribution is 0.0593. The van der Waals surface area contributed by atoms with Gasteiger partial charge in [0.05, 0.1) is 18.6 Å². The van der Waals surface area contributed by atoms with E-state index in [0.717, 1.165) is 13.2 Å². The van der Waals surface area contributed by atoms with Crippen molar-refractivity contribution >= 4 is 16.9 Å². The van der Waals surface area contributed by atoms with Gasteiger partial charge in [-0.2, -0.15) is 0 Å². The Morgan fingerprint density at radius 1 is 1.19 bits per heavy atom. The molecule has 4 nitrogen and oxygen atoms in total. The number of carbonyl (C=O) groups is 1. The van der Waals surface area contributed by atoms with Crippen molar-refractivity contribution in [2.45, 2.75) is 20.0 Å². The van der Waals surface area contributed by atoms with E-state index in [-0.39, 0.29) is 22.9 Å². The van der Waals surface area contributed by atoms with E-state index >= 15 is 0 Å². The Balaban J connectivity index is 2.84. The smallest absolute Gasteiger partial charge is 0.356 e. The third-order valence-electron chi connectivity index (χ3n) is 2.65. The summed E-state index contributed by atoms with van der Waals surface area (Å²) < 4.78 is 50.9. The first-order valence-corrected chi connectivity index (χ1v) is 6.08. The molecule has 0 fully saturated rings. The highest BCUT2D eigenvalue weighted by Gasteiger charge is 2.22. The van der Waals surface area contributed by atoms with E-state index in [1.807, 2.05) is 0 Å². The SMILES string of the molecule is COC(=O)c1cc(OC(C)C)c2c(F)cc(F)c(F)c2n1. The van der Waals surface area contributed by atoms with Crippen LogP contribution in [0.3, 0.4) is 0 Å². The molecule has 0 unspecified atom stereocenters. The van der Waals surface area contributed by atoms with E-state index in [4.69, 9.17) is 4.74 Å². The van der Waals surface area contributed by atoms with E-state index < -0.39 is 28.9 Å². The molecule has 0 aliphatic carbocycles. The van der Waals surface area contributed by atoms with Gasteiger partial charge in [-0.05, 0) is 13.8 Å². The maximum atomic E-state index is 13.9. The van der Waals surface area contributed by atoms with Gasteiger partial charge in [0.25, 0.3) is 0 Å². The van der Waals surface area contributed by atoms with E-state index in [1.165, 1.54) is 0 Å². The molecule has 0 saturated carbocycles. The van der Waals surface area contributed by atoms with Crippen molar-refractivity contribution in [3.63, 3.8) is 0 Å². The van der Waals surface area contributed by atoms with Crippen LogP contribution < -0.4 is 4.74 Å². The Morgan fingerprint density at radius 3 is 2.43 bits per heavy atom. The zero-order chi connectivity index (χ0) is 15.7. The van der Waals surface area contributed by atoms with Gasteiger partial charge in [0, 0.05) is 12.1 Å². The summed E-state index contributed by atoms with van der Waals surface area (Å²) in [5, 5.41) is -0.324. The highest BCUT2D eigenvalue weighted by molar-refractivity contribution is 5.94. The van der Waals surface area contributed by atoms with Crippen LogP contribution in [0.25, 0.3) is 10.9 Å². The van der Waals surface area contributed by atoms with Gasteiger partial charge in [-0.25, -0.2) is 22.9 Å². The molecule has 0 atom stereocenters. The number of benzene rings is 1.